The summed E-state index contributed by atoms with van der Waals surface area (Å²) in [7, 11) is -3.42. The van der Waals surface area contributed by atoms with Gasteiger partial charge in [-0.05, 0) is 42.9 Å². The van der Waals surface area contributed by atoms with Gasteiger partial charge < -0.3 is 11.1 Å². The highest BCUT2D eigenvalue weighted by atomic mass is 32.2. The first kappa shape index (κ1) is 20.9. The first-order chi connectivity index (χ1) is 11.9. The average Bonchev–Trinajstić information content (AvgIpc) is 2.53. The molecule has 1 aliphatic rings. The number of rotatable bonds is 5. The quantitative estimate of drug-likeness (QED) is 0.822. The van der Waals surface area contributed by atoms with E-state index in [1.807, 2.05) is 19.1 Å². The van der Waals surface area contributed by atoms with Crippen molar-refractivity contribution in [1.82, 2.24) is 5.32 Å². The number of hydrogen-bond acceptors (Lipinski definition) is 4. The standard InChI is InChI=1S/C20H32N2O3S/c1-19(2,3)15-8-10-16(11-9-15)26(24,25)14-13-22-18(23)17-7-5-6-12-20(17,4)21/h8-11,17H,5-7,12-14,21H2,1-4H3,(H,22,23). The summed E-state index contributed by atoms with van der Waals surface area (Å²) in [5.41, 5.74) is 6.80. The summed E-state index contributed by atoms with van der Waals surface area (Å²) in [5, 5.41) is 2.77. The van der Waals surface area contributed by atoms with Crippen molar-refractivity contribution in [3.8, 4) is 0 Å². The molecule has 0 spiro atoms. The van der Waals surface area contributed by atoms with Gasteiger partial charge in [-0.1, -0.05) is 45.7 Å². The van der Waals surface area contributed by atoms with Gasteiger partial charge in [-0.25, -0.2) is 8.42 Å². The Morgan fingerprint density at radius 2 is 1.85 bits per heavy atom. The maximum atomic E-state index is 12.5. The number of benzene rings is 1. The predicted molar refractivity (Wildman–Crippen MR) is 105 cm³/mol. The summed E-state index contributed by atoms with van der Waals surface area (Å²) in [6.07, 6.45) is 3.61. The molecule has 1 aromatic rings. The average molecular weight is 381 g/mol. The first-order valence-corrected chi connectivity index (χ1v) is 11.0. The van der Waals surface area contributed by atoms with Crippen molar-refractivity contribution in [2.24, 2.45) is 11.7 Å². The Labute approximate surface area is 157 Å². The highest BCUT2D eigenvalue weighted by molar-refractivity contribution is 7.91. The molecule has 146 valence electrons. The van der Waals surface area contributed by atoms with Gasteiger partial charge in [-0.15, -0.1) is 0 Å². The van der Waals surface area contributed by atoms with Crippen LogP contribution in [0.3, 0.4) is 0 Å². The van der Waals surface area contributed by atoms with Gasteiger partial charge in [0.05, 0.1) is 16.6 Å². The van der Waals surface area contributed by atoms with Gasteiger partial charge in [0.1, 0.15) is 0 Å². The van der Waals surface area contributed by atoms with E-state index < -0.39 is 15.4 Å². The molecule has 0 aliphatic heterocycles. The van der Waals surface area contributed by atoms with Crippen LogP contribution >= 0.6 is 0 Å². The molecule has 0 bridgehead atoms. The number of sulfone groups is 1. The van der Waals surface area contributed by atoms with Crippen molar-refractivity contribution >= 4 is 15.7 Å². The Morgan fingerprint density at radius 1 is 1.23 bits per heavy atom. The molecule has 2 atom stereocenters. The van der Waals surface area contributed by atoms with Crippen LogP contribution in [0.1, 0.15) is 58.9 Å². The predicted octanol–water partition coefficient (Wildman–Crippen LogP) is 2.78. The normalized spacial score (nSPS) is 24.3. The van der Waals surface area contributed by atoms with Gasteiger partial charge in [-0.2, -0.15) is 0 Å². The number of nitrogens with one attached hydrogen (secondary N) is 1. The summed E-state index contributed by atoms with van der Waals surface area (Å²) in [6.45, 7) is 8.27. The van der Waals surface area contributed by atoms with Crippen LogP contribution in [0.2, 0.25) is 0 Å². The lowest BCUT2D eigenvalue weighted by Gasteiger charge is -2.37. The number of amides is 1. The first-order valence-electron chi connectivity index (χ1n) is 9.33. The van der Waals surface area contributed by atoms with Crippen molar-refractivity contribution < 1.29 is 13.2 Å². The van der Waals surface area contributed by atoms with E-state index in [9.17, 15) is 13.2 Å². The third-order valence-electron chi connectivity index (χ3n) is 5.32. The van der Waals surface area contributed by atoms with E-state index in [0.29, 0.717) is 4.90 Å². The maximum absolute atomic E-state index is 12.5. The van der Waals surface area contributed by atoms with Crippen molar-refractivity contribution in [1.29, 1.82) is 0 Å². The molecule has 0 saturated heterocycles. The van der Waals surface area contributed by atoms with Crippen LogP contribution in [-0.2, 0) is 20.0 Å². The minimum atomic E-state index is -3.42. The van der Waals surface area contributed by atoms with E-state index >= 15 is 0 Å². The van der Waals surface area contributed by atoms with Crippen molar-refractivity contribution in [2.75, 3.05) is 12.3 Å². The number of hydrogen-bond donors (Lipinski definition) is 2. The Bertz CT molecular complexity index is 731. The zero-order valence-corrected chi connectivity index (χ0v) is 17.2. The zero-order valence-electron chi connectivity index (χ0n) is 16.3. The molecule has 2 unspecified atom stereocenters. The molecule has 1 fully saturated rings. The number of nitrogens with two attached hydrogens (primary N) is 1. The summed E-state index contributed by atoms with van der Waals surface area (Å²) < 4.78 is 25.0. The van der Waals surface area contributed by atoms with Gasteiger partial charge >= 0.3 is 0 Å². The summed E-state index contributed by atoms with van der Waals surface area (Å²) in [4.78, 5) is 12.7. The lowest BCUT2D eigenvalue weighted by Crippen LogP contribution is -2.53. The summed E-state index contributed by atoms with van der Waals surface area (Å²) in [6, 6.07) is 7.01. The van der Waals surface area contributed by atoms with Crippen LogP contribution in [0.4, 0.5) is 0 Å². The monoisotopic (exact) mass is 380 g/mol. The molecule has 5 nitrogen and oxygen atoms in total. The van der Waals surface area contributed by atoms with E-state index in [0.717, 1.165) is 31.2 Å². The topological polar surface area (TPSA) is 89.3 Å². The lowest BCUT2D eigenvalue weighted by molar-refractivity contribution is -0.127. The van der Waals surface area contributed by atoms with Gasteiger partial charge in [0.15, 0.2) is 9.84 Å². The molecule has 1 aliphatic carbocycles. The van der Waals surface area contributed by atoms with Crippen LogP contribution in [0.5, 0.6) is 0 Å². The second kappa shape index (κ2) is 7.69. The van der Waals surface area contributed by atoms with Crippen molar-refractivity contribution in [3.05, 3.63) is 29.8 Å². The Kier molecular flexibility index (Phi) is 6.18. The highest BCUT2D eigenvalue weighted by Gasteiger charge is 2.37. The molecule has 1 amide bonds. The third-order valence-corrected chi connectivity index (χ3v) is 7.05. The molecule has 0 radical (unpaired) electrons. The van der Waals surface area contributed by atoms with Crippen molar-refractivity contribution in [2.45, 2.75) is 69.2 Å². The van der Waals surface area contributed by atoms with Crippen LogP contribution in [0, 0.1) is 5.92 Å². The van der Waals surface area contributed by atoms with Gasteiger partial charge in [-0.3, -0.25) is 4.79 Å². The van der Waals surface area contributed by atoms with Gasteiger partial charge in [0, 0.05) is 12.1 Å². The third kappa shape index (κ3) is 5.07. The largest absolute Gasteiger partial charge is 0.355 e. The molecule has 0 heterocycles. The Morgan fingerprint density at radius 3 is 2.38 bits per heavy atom. The smallest absolute Gasteiger partial charge is 0.224 e. The highest BCUT2D eigenvalue weighted by Crippen LogP contribution is 2.31. The van der Waals surface area contributed by atoms with Crippen LogP contribution in [0.15, 0.2) is 29.2 Å². The molecule has 3 N–H and O–H groups in total. The maximum Gasteiger partial charge on any atom is 0.224 e. The summed E-state index contributed by atoms with van der Waals surface area (Å²) >= 11 is 0. The second-order valence-electron chi connectivity index (χ2n) is 8.69. The SMILES string of the molecule is CC(C)(C)c1ccc(S(=O)(=O)CCNC(=O)C2CCCCC2(C)N)cc1. The van der Waals surface area contributed by atoms with Crippen LogP contribution < -0.4 is 11.1 Å². The van der Waals surface area contributed by atoms with E-state index in [1.165, 1.54) is 0 Å². The fourth-order valence-corrected chi connectivity index (χ4v) is 4.66. The van der Waals surface area contributed by atoms with Gasteiger partial charge in [0.2, 0.25) is 5.91 Å². The molecule has 1 saturated carbocycles. The zero-order chi connectivity index (χ0) is 19.6. The molecular weight excluding hydrogens is 348 g/mol. The molecule has 1 aromatic carbocycles. The minimum Gasteiger partial charge on any atom is -0.355 e. The Hall–Kier alpha value is -1.40. The van der Waals surface area contributed by atoms with E-state index in [2.05, 4.69) is 26.1 Å². The minimum absolute atomic E-state index is 0.0227. The molecule has 0 aromatic heterocycles. The van der Waals surface area contributed by atoms with Gasteiger partial charge in [0.25, 0.3) is 0 Å². The molecule has 26 heavy (non-hydrogen) atoms. The lowest BCUT2D eigenvalue weighted by atomic mass is 9.74. The fraction of sp³-hybridized carbons (Fsp3) is 0.650. The second-order valence-corrected chi connectivity index (χ2v) is 10.8. The molecule has 6 heteroatoms. The summed E-state index contributed by atoms with van der Waals surface area (Å²) in [5.74, 6) is -0.486. The van der Waals surface area contributed by atoms with Crippen LogP contribution in [-0.4, -0.2) is 32.2 Å². The fourth-order valence-electron chi connectivity index (χ4n) is 3.50. The van der Waals surface area contributed by atoms with Crippen LogP contribution in [0.25, 0.3) is 0 Å². The van der Waals surface area contributed by atoms with E-state index in [4.69, 9.17) is 5.73 Å². The number of carbonyl (C=O) groups excluding carboxylic acids is 1. The molecular formula is C20H32N2O3S. The Balaban J connectivity index is 1.95. The molecule has 2 rings (SSSR count). The van der Waals surface area contributed by atoms with Crippen molar-refractivity contribution in [3.63, 3.8) is 0 Å². The van der Waals surface area contributed by atoms with E-state index in [1.54, 1.807) is 12.1 Å². The number of carbonyl (C=O) groups is 1. The van der Waals surface area contributed by atoms with E-state index in [-0.39, 0.29) is 29.5 Å².